The molecule has 7 nitrogen and oxygen atoms in total. The number of halogens is 1. The first-order valence-corrected chi connectivity index (χ1v) is 8.40. The molecule has 0 bridgehead atoms. The van der Waals surface area contributed by atoms with Gasteiger partial charge in [-0.3, -0.25) is 14.2 Å². The monoisotopic (exact) mass is 377 g/mol. The number of aryl methyl sites for hydroxylation is 1. The Morgan fingerprint density at radius 3 is 2.84 bits per heavy atom. The maximum absolute atomic E-state index is 12.6. The number of nitrogens with one attached hydrogen (secondary N) is 1. The van der Waals surface area contributed by atoms with Crippen molar-refractivity contribution >= 4 is 50.7 Å². The summed E-state index contributed by atoms with van der Waals surface area (Å²) in [4.78, 5) is 40.7. The molecular weight excluding hydrogens is 366 g/mol. The highest BCUT2D eigenvalue weighted by Gasteiger charge is 2.19. The molecule has 2 N–H and O–H groups in total. The van der Waals surface area contributed by atoms with E-state index in [9.17, 15) is 19.5 Å². The molecule has 3 aromatic rings. The fourth-order valence-electron chi connectivity index (χ4n) is 2.38. The number of nitrogens with zero attached hydrogens (tertiary/aromatic N) is 2. The van der Waals surface area contributed by atoms with Crippen LogP contribution >= 0.6 is 22.9 Å². The molecule has 1 aromatic carbocycles. The normalized spacial score (nSPS) is 10.8. The lowest BCUT2D eigenvalue weighted by molar-refractivity contribution is -0.116. The van der Waals surface area contributed by atoms with Gasteiger partial charge < -0.3 is 10.4 Å². The maximum Gasteiger partial charge on any atom is 0.337 e. The minimum absolute atomic E-state index is 0.0126. The van der Waals surface area contributed by atoms with Gasteiger partial charge in [0.25, 0.3) is 5.56 Å². The van der Waals surface area contributed by atoms with Gasteiger partial charge in [0.1, 0.15) is 17.2 Å². The lowest BCUT2D eigenvalue weighted by Crippen LogP contribution is -2.30. The van der Waals surface area contributed by atoms with Gasteiger partial charge >= 0.3 is 5.97 Å². The van der Waals surface area contributed by atoms with E-state index in [1.807, 2.05) is 0 Å². The molecule has 0 radical (unpaired) electrons. The Bertz CT molecular complexity index is 1060. The van der Waals surface area contributed by atoms with Gasteiger partial charge in [-0.1, -0.05) is 17.7 Å². The standard InChI is InChI=1S/C16H12ClN3O4S/c1-8-18-14-13(11(7-25-14)16(23)24)15(22)20(8)6-12(21)19-10-4-2-3-9(17)5-10/h2-5,7H,6H2,1H3,(H,19,21)(H,23,24). The van der Waals surface area contributed by atoms with Crippen molar-refractivity contribution < 1.29 is 14.7 Å². The minimum Gasteiger partial charge on any atom is -0.478 e. The number of carbonyl (C=O) groups excluding carboxylic acids is 1. The zero-order valence-corrected chi connectivity index (χ0v) is 14.5. The minimum atomic E-state index is -1.20. The topological polar surface area (TPSA) is 101 Å². The summed E-state index contributed by atoms with van der Waals surface area (Å²) < 4.78 is 1.15. The number of aromatic nitrogens is 2. The number of carbonyl (C=O) groups is 2. The number of hydrogen-bond acceptors (Lipinski definition) is 5. The van der Waals surface area contributed by atoms with Crippen LogP contribution in [0.2, 0.25) is 5.02 Å². The molecule has 9 heteroatoms. The van der Waals surface area contributed by atoms with Crippen molar-refractivity contribution in [1.82, 2.24) is 9.55 Å². The van der Waals surface area contributed by atoms with Crippen molar-refractivity contribution in [2.75, 3.05) is 5.32 Å². The highest BCUT2D eigenvalue weighted by molar-refractivity contribution is 7.17. The van der Waals surface area contributed by atoms with Gasteiger partial charge in [0.15, 0.2) is 0 Å². The van der Waals surface area contributed by atoms with Crippen molar-refractivity contribution in [3.63, 3.8) is 0 Å². The van der Waals surface area contributed by atoms with Gasteiger partial charge in [0, 0.05) is 16.1 Å². The van der Waals surface area contributed by atoms with Crippen molar-refractivity contribution in [3.8, 4) is 0 Å². The van der Waals surface area contributed by atoms with Gasteiger partial charge in [-0.05, 0) is 25.1 Å². The number of hydrogen-bond donors (Lipinski definition) is 2. The Morgan fingerprint density at radius 1 is 1.40 bits per heavy atom. The van der Waals surface area contributed by atoms with E-state index >= 15 is 0 Å². The molecule has 0 spiro atoms. The fraction of sp³-hybridized carbons (Fsp3) is 0.125. The van der Waals surface area contributed by atoms with E-state index in [2.05, 4.69) is 10.3 Å². The van der Waals surface area contributed by atoms with Crippen LogP contribution in [0.3, 0.4) is 0 Å². The SMILES string of the molecule is Cc1nc2scc(C(=O)O)c2c(=O)n1CC(=O)Nc1cccc(Cl)c1. The second kappa shape index (κ2) is 6.66. The fourth-order valence-corrected chi connectivity index (χ4v) is 3.52. The molecule has 2 heterocycles. The summed E-state index contributed by atoms with van der Waals surface area (Å²) in [7, 11) is 0. The first-order chi connectivity index (χ1) is 11.9. The van der Waals surface area contributed by atoms with E-state index in [4.69, 9.17) is 11.6 Å². The predicted molar refractivity (Wildman–Crippen MR) is 95.7 cm³/mol. The zero-order chi connectivity index (χ0) is 18.1. The van der Waals surface area contributed by atoms with Gasteiger partial charge in [0.2, 0.25) is 5.91 Å². The van der Waals surface area contributed by atoms with Gasteiger partial charge in [-0.25, -0.2) is 9.78 Å². The summed E-state index contributed by atoms with van der Waals surface area (Å²) >= 11 is 6.95. The van der Waals surface area contributed by atoms with E-state index in [1.54, 1.807) is 31.2 Å². The Labute approximate surface area is 150 Å². The molecule has 0 fully saturated rings. The van der Waals surface area contributed by atoms with E-state index in [1.165, 1.54) is 5.38 Å². The van der Waals surface area contributed by atoms with Gasteiger partial charge in [-0.2, -0.15) is 0 Å². The predicted octanol–water partition coefficient (Wildman–Crippen LogP) is 2.76. The summed E-state index contributed by atoms with van der Waals surface area (Å²) in [5.74, 6) is -1.32. The highest BCUT2D eigenvalue weighted by Crippen LogP contribution is 2.21. The zero-order valence-electron chi connectivity index (χ0n) is 12.9. The van der Waals surface area contributed by atoms with Crippen molar-refractivity contribution in [1.29, 1.82) is 0 Å². The molecule has 0 aliphatic heterocycles. The molecule has 0 aliphatic rings. The number of benzene rings is 1. The molecule has 0 aliphatic carbocycles. The lowest BCUT2D eigenvalue weighted by atomic mass is 10.2. The summed E-state index contributed by atoms with van der Waals surface area (Å²) in [6.45, 7) is 1.31. The third-order valence-corrected chi connectivity index (χ3v) is 4.63. The average molecular weight is 378 g/mol. The largest absolute Gasteiger partial charge is 0.478 e. The average Bonchev–Trinajstić information content (AvgIpc) is 2.95. The van der Waals surface area contributed by atoms with Crippen LogP contribution in [0.25, 0.3) is 10.2 Å². The Kier molecular flexibility index (Phi) is 4.56. The number of carboxylic acids is 1. The molecule has 1 amide bonds. The van der Waals surface area contributed by atoms with Crippen LogP contribution in [0.15, 0.2) is 34.4 Å². The maximum atomic E-state index is 12.6. The van der Waals surface area contributed by atoms with E-state index < -0.39 is 17.4 Å². The second-order valence-corrected chi connectivity index (χ2v) is 6.54. The number of fused-ring (bicyclic) bond motifs is 1. The van der Waals surface area contributed by atoms with Crippen LogP contribution in [0, 0.1) is 6.92 Å². The molecule has 0 atom stereocenters. The molecule has 128 valence electrons. The van der Waals surface area contributed by atoms with Crippen molar-refractivity contribution in [2.45, 2.75) is 13.5 Å². The smallest absolute Gasteiger partial charge is 0.337 e. The molecule has 25 heavy (non-hydrogen) atoms. The number of rotatable bonds is 4. The number of anilines is 1. The number of carboxylic acid groups (broad SMARTS) is 1. The molecule has 0 saturated heterocycles. The van der Waals surface area contributed by atoms with Crippen LogP contribution in [0.4, 0.5) is 5.69 Å². The van der Waals surface area contributed by atoms with Crippen molar-refractivity contribution in [3.05, 3.63) is 56.4 Å². The molecule has 0 unspecified atom stereocenters. The molecule has 2 aromatic heterocycles. The van der Waals surface area contributed by atoms with E-state index in [-0.39, 0.29) is 17.5 Å². The highest BCUT2D eigenvalue weighted by atomic mass is 35.5. The third kappa shape index (κ3) is 3.40. The first-order valence-electron chi connectivity index (χ1n) is 7.14. The summed E-state index contributed by atoms with van der Waals surface area (Å²) in [6.07, 6.45) is 0. The van der Waals surface area contributed by atoms with Crippen LogP contribution in [0.1, 0.15) is 16.2 Å². The first kappa shape index (κ1) is 17.1. The molecular formula is C16H12ClN3O4S. The number of amides is 1. The summed E-state index contributed by atoms with van der Waals surface area (Å²) in [5, 5.41) is 13.7. The number of aromatic carboxylic acids is 1. The second-order valence-electron chi connectivity index (χ2n) is 5.24. The molecule has 0 saturated carbocycles. The molecule has 3 rings (SSSR count). The van der Waals surface area contributed by atoms with Crippen LogP contribution in [-0.4, -0.2) is 26.5 Å². The van der Waals surface area contributed by atoms with Gasteiger partial charge in [0.05, 0.1) is 10.9 Å². The van der Waals surface area contributed by atoms with Gasteiger partial charge in [-0.15, -0.1) is 11.3 Å². The Balaban J connectivity index is 1.95. The Hall–Kier alpha value is -2.71. The third-order valence-electron chi connectivity index (χ3n) is 3.53. The van der Waals surface area contributed by atoms with Crippen molar-refractivity contribution in [2.24, 2.45) is 0 Å². The number of thiophene rings is 1. The summed E-state index contributed by atoms with van der Waals surface area (Å²) in [5.41, 5.74) is -0.164. The quantitative estimate of drug-likeness (QED) is 0.728. The summed E-state index contributed by atoms with van der Waals surface area (Å²) in [6, 6.07) is 6.61. The van der Waals surface area contributed by atoms with Crippen LogP contribution in [-0.2, 0) is 11.3 Å². The van der Waals surface area contributed by atoms with Crippen LogP contribution in [0.5, 0.6) is 0 Å². The van der Waals surface area contributed by atoms with E-state index in [0.717, 1.165) is 15.9 Å². The van der Waals surface area contributed by atoms with Crippen LogP contribution < -0.4 is 10.9 Å². The lowest BCUT2D eigenvalue weighted by Gasteiger charge is -2.10. The van der Waals surface area contributed by atoms with E-state index in [0.29, 0.717) is 21.4 Å². The Morgan fingerprint density at radius 2 is 2.16 bits per heavy atom.